The van der Waals surface area contributed by atoms with Crippen LogP contribution < -0.4 is 10.1 Å². The highest BCUT2D eigenvalue weighted by molar-refractivity contribution is 7.15. The molecular weight excluding hydrogens is 314 g/mol. The van der Waals surface area contributed by atoms with Crippen molar-refractivity contribution in [1.29, 1.82) is 0 Å². The molecule has 0 unspecified atom stereocenters. The first-order valence-corrected chi connectivity index (χ1v) is 8.34. The largest absolute Gasteiger partial charge is 0.490 e. The third-order valence-corrected chi connectivity index (χ3v) is 4.81. The number of aromatic carboxylic acids is 1. The molecule has 0 saturated heterocycles. The first-order valence-electron chi connectivity index (χ1n) is 7.53. The molecule has 1 aliphatic carbocycles. The van der Waals surface area contributed by atoms with Gasteiger partial charge in [0, 0.05) is 11.8 Å². The number of carboxylic acids is 1. The molecule has 6 heteroatoms. The van der Waals surface area contributed by atoms with E-state index in [1.807, 2.05) is 12.1 Å². The lowest BCUT2D eigenvalue weighted by Gasteiger charge is -2.14. The number of anilines is 1. The summed E-state index contributed by atoms with van der Waals surface area (Å²) in [5.74, 6) is -0.603. The number of hydrogen-bond acceptors (Lipinski definition) is 4. The Bertz CT molecular complexity index is 719. The number of ether oxygens (including phenoxy) is 1. The Labute approximate surface area is 137 Å². The van der Waals surface area contributed by atoms with Gasteiger partial charge in [-0.1, -0.05) is 6.07 Å². The van der Waals surface area contributed by atoms with E-state index in [9.17, 15) is 9.59 Å². The van der Waals surface area contributed by atoms with E-state index in [-0.39, 0.29) is 16.9 Å². The molecule has 23 heavy (non-hydrogen) atoms. The minimum Gasteiger partial charge on any atom is -0.490 e. The Kier molecular flexibility index (Phi) is 4.62. The topological polar surface area (TPSA) is 75.6 Å². The highest BCUT2D eigenvalue weighted by atomic mass is 32.1. The second-order valence-corrected chi connectivity index (χ2v) is 6.56. The molecule has 0 radical (unpaired) electrons. The fraction of sp³-hybridized carbons (Fsp3) is 0.294. The van der Waals surface area contributed by atoms with E-state index in [2.05, 4.69) is 5.32 Å². The van der Waals surface area contributed by atoms with Gasteiger partial charge in [-0.05, 0) is 49.9 Å². The minimum atomic E-state index is -1.03. The molecule has 0 spiro atoms. The summed E-state index contributed by atoms with van der Waals surface area (Å²) >= 11 is 0.956. The van der Waals surface area contributed by atoms with Gasteiger partial charge in [0.1, 0.15) is 10.6 Å². The van der Waals surface area contributed by atoms with Crippen LogP contribution in [0.2, 0.25) is 0 Å². The first kappa shape index (κ1) is 15.6. The van der Waals surface area contributed by atoms with Crippen molar-refractivity contribution in [3.05, 3.63) is 46.2 Å². The van der Waals surface area contributed by atoms with Crippen molar-refractivity contribution in [3.8, 4) is 5.75 Å². The number of carboxylic acid groups (broad SMARTS) is 1. The van der Waals surface area contributed by atoms with Crippen LogP contribution in [0.5, 0.6) is 5.75 Å². The number of rotatable bonds is 5. The molecule has 1 fully saturated rings. The predicted molar refractivity (Wildman–Crippen MR) is 88.6 cm³/mol. The molecule has 5 nitrogen and oxygen atoms in total. The molecule has 3 rings (SSSR count). The quantitative estimate of drug-likeness (QED) is 0.867. The molecule has 1 heterocycles. The predicted octanol–water partition coefficient (Wildman–Crippen LogP) is 4.02. The van der Waals surface area contributed by atoms with E-state index in [1.54, 1.807) is 12.1 Å². The van der Waals surface area contributed by atoms with Crippen LogP contribution in [0, 0.1) is 0 Å². The third kappa shape index (κ3) is 3.90. The van der Waals surface area contributed by atoms with Crippen molar-refractivity contribution in [1.82, 2.24) is 0 Å². The highest BCUT2D eigenvalue weighted by Crippen LogP contribution is 2.26. The van der Waals surface area contributed by atoms with E-state index in [1.165, 1.54) is 25.0 Å². The number of nitrogens with one attached hydrogen (secondary N) is 1. The van der Waals surface area contributed by atoms with E-state index < -0.39 is 5.97 Å². The summed E-state index contributed by atoms with van der Waals surface area (Å²) in [6.07, 6.45) is 4.81. The number of amides is 1. The second-order valence-electron chi connectivity index (χ2n) is 5.48. The molecule has 1 aromatic carbocycles. The molecule has 1 saturated carbocycles. The number of hydrogen-bond donors (Lipinski definition) is 2. The zero-order valence-electron chi connectivity index (χ0n) is 12.5. The molecule has 1 aromatic heterocycles. The van der Waals surface area contributed by atoms with Gasteiger partial charge in [0.25, 0.3) is 5.91 Å². The van der Waals surface area contributed by atoms with Gasteiger partial charge in [0.15, 0.2) is 0 Å². The van der Waals surface area contributed by atoms with Crippen LogP contribution in [-0.2, 0) is 0 Å². The lowest BCUT2D eigenvalue weighted by atomic mass is 10.2. The van der Waals surface area contributed by atoms with E-state index in [0.29, 0.717) is 10.6 Å². The van der Waals surface area contributed by atoms with E-state index in [4.69, 9.17) is 9.84 Å². The lowest BCUT2D eigenvalue weighted by molar-refractivity contribution is 0.0702. The van der Waals surface area contributed by atoms with Crippen LogP contribution in [-0.4, -0.2) is 23.1 Å². The van der Waals surface area contributed by atoms with Gasteiger partial charge in [-0.15, -0.1) is 11.3 Å². The molecule has 0 bridgehead atoms. The molecule has 1 aliphatic rings. The lowest BCUT2D eigenvalue weighted by Crippen LogP contribution is -2.12. The second kappa shape index (κ2) is 6.83. The van der Waals surface area contributed by atoms with Gasteiger partial charge < -0.3 is 15.2 Å². The van der Waals surface area contributed by atoms with Crippen molar-refractivity contribution in [2.45, 2.75) is 31.8 Å². The zero-order chi connectivity index (χ0) is 16.2. The summed E-state index contributed by atoms with van der Waals surface area (Å²) in [6, 6.07) is 10.2. The van der Waals surface area contributed by atoms with Gasteiger partial charge >= 0.3 is 5.97 Å². The molecular formula is C17H17NO4S. The Morgan fingerprint density at radius 3 is 2.57 bits per heavy atom. The van der Waals surface area contributed by atoms with Gasteiger partial charge in [-0.25, -0.2) is 4.79 Å². The fourth-order valence-electron chi connectivity index (χ4n) is 2.61. The highest BCUT2D eigenvalue weighted by Gasteiger charge is 2.17. The van der Waals surface area contributed by atoms with Crippen molar-refractivity contribution >= 4 is 28.9 Å². The summed E-state index contributed by atoms with van der Waals surface area (Å²) < 4.78 is 5.91. The van der Waals surface area contributed by atoms with Crippen LogP contribution in [0.25, 0.3) is 0 Å². The van der Waals surface area contributed by atoms with Gasteiger partial charge in [-0.2, -0.15) is 0 Å². The monoisotopic (exact) mass is 331 g/mol. The summed E-state index contributed by atoms with van der Waals surface area (Å²) in [6.45, 7) is 0. The van der Waals surface area contributed by atoms with Crippen LogP contribution in [0.4, 0.5) is 5.69 Å². The maximum Gasteiger partial charge on any atom is 0.345 e. The van der Waals surface area contributed by atoms with Crippen LogP contribution in [0.3, 0.4) is 0 Å². The maximum absolute atomic E-state index is 12.2. The van der Waals surface area contributed by atoms with Crippen LogP contribution in [0.1, 0.15) is 45.0 Å². The number of thiophene rings is 1. The molecule has 2 aromatic rings. The number of carbonyl (C=O) groups is 2. The number of benzene rings is 1. The Morgan fingerprint density at radius 1 is 1.13 bits per heavy atom. The Hall–Kier alpha value is -2.34. The zero-order valence-corrected chi connectivity index (χ0v) is 13.3. The molecule has 2 N–H and O–H groups in total. The summed E-state index contributed by atoms with van der Waals surface area (Å²) in [5, 5.41) is 11.7. The minimum absolute atomic E-state index is 0.147. The SMILES string of the molecule is O=C(O)c1ccc(C(=O)Nc2cccc(OC3CCCC3)c2)s1. The molecule has 0 aliphatic heterocycles. The average molecular weight is 331 g/mol. The van der Waals surface area contributed by atoms with Crippen LogP contribution in [0.15, 0.2) is 36.4 Å². The summed E-state index contributed by atoms with van der Waals surface area (Å²) in [4.78, 5) is 23.6. The van der Waals surface area contributed by atoms with Gasteiger partial charge in [0.2, 0.25) is 0 Å². The van der Waals surface area contributed by atoms with Crippen LogP contribution >= 0.6 is 11.3 Å². The van der Waals surface area contributed by atoms with E-state index in [0.717, 1.165) is 29.9 Å². The third-order valence-electron chi connectivity index (χ3n) is 3.74. The average Bonchev–Trinajstić information content (AvgIpc) is 3.18. The summed E-state index contributed by atoms with van der Waals surface area (Å²) in [7, 11) is 0. The summed E-state index contributed by atoms with van der Waals surface area (Å²) in [5.41, 5.74) is 0.635. The number of carbonyl (C=O) groups excluding carboxylic acids is 1. The van der Waals surface area contributed by atoms with Crippen molar-refractivity contribution in [2.75, 3.05) is 5.32 Å². The van der Waals surface area contributed by atoms with Gasteiger partial charge in [-0.3, -0.25) is 4.79 Å². The maximum atomic E-state index is 12.2. The Morgan fingerprint density at radius 2 is 1.87 bits per heavy atom. The smallest absolute Gasteiger partial charge is 0.345 e. The molecule has 0 atom stereocenters. The van der Waals surface area contributed by atoms with Crippen molar-refractivity contribution in [3.63, 3.8) is 0 Å². The standard InChI is InChI=1S/C17H17NO4S/c19-16(14-8-9-15(23-14)17(20)21)18-11-4-3-7-13(10-11)22-12-5-1-2-6-12/h3-4,7-10,12H,1-2,5-6H2,(H,18,19)(H,20,21). The van der Waals surface area contributed by atoms with E-state index >= 15 is 0 Å². The fourth-order valence-corrected chi connectivity index (χ4v) is 3.35. The normalized spacial score (nSPS) is 14.6. The molecule has 1 amide bonds. The van der Waals surface area contributed by atoms with Gasteiger partial charge in [0.05, 0.1) is 11.0 Å². The van der Waals surface area contributed by atoms with Crippen molar-refractivity contribution < 1.29 is 19.4 Å². The first-order chi connectivity index (χ1) is 11.1. The molecule has 120 valence electrons. The Balaban J connectivity index is 1.66. The van der Waals surface area contributed by atoms with Crippen molar-refractivity contribution in [2.24, 2.45) is 0 Å².